The van der Waals surface area contributed by atoms with Gasteiger partial charge >= 0.3 is 6.18 Å². The summed E-state index contributed by atoms with van der Waals surface area (Å²) in [6, 6.07) is 0. The molecule has 0 aliphatic heterocycles. The standard InChI is InChI=1S/C4H9F3N2O2S/c1-9(12(8,10)11)3-2-4(5,6)7/h2-3H2,1H3,(H2,8,10,11). The molecule has 8 heteroatoms. The molecule has 0 spiro atoms. The molecule has 0 amide bonds. The molecule has 0 aromatic heterocycles. The smallest absolute Gasteiger partial charge is 0.216 e. The Hall–Kier alpha value is -0.340. The number of hydrogen-bond donors (Lipinski definition) is 1. The van der Waals surface area contributed by atoms with Crippen LogP contribution in [-0.2, 0) is 10.2 Å². The molecule has 0 atom stereocenters. The Morgan fingerprint density at radius 3 is 2.08 bits per heavy atom. The number of hydrogen-bond acceptors (Lipinski definition) is 2. The predicted octanol–water partition coefficient (Wildman–Crippen LogP) is 0.0741. The Morgan fingerprint density at radius 1 is 1.42 bits per heavy atom. The first-order valence-corrected chi connectivity index (χ1v) is 4.44. The SMILES string of the molecule is CN(CCC(F)(F)F)S(N)(=O)=O. The van der Waals surface area contributed by atoms with Gasteiger partial charge in [-0.25, -0.2) is 5.14 Å². The van der Waals surface area contributed by atoms with Crippen molar-refractivity contribution >= 4 is 10.2 Å². The number of alkyl halides is 3. The van der Waals surface area contributed by atoms with E-state index in [2.05, 4.69) is 5.14 Å². The maximum Gasteiger partial charge on any atom is 0.390 e. The fraction of sp³-hybridized carbons (Fsp3) is 1.00. The molecule has 0 rings (SSSR count). The van der Waals surface area contributed by atoms with Gasteiger partial charge in [0, 0.05) is 13.6 Å². The van der Waals surface area contributed by atoms with Crippen LogP contribution in [0.1, 0.15) is 6.42 Å². The summed E-state index contributed by atoms with van der Waals surface area (Å²) in [4.78, 5) is 0. The van der Waals surface area contributed by atoms with Crippen molar-refractivity contribution in [1.82, 2.24) is 4.31 Å². The Bertz CT molecular complexity index is 235. The zero-order valence-electron chi connectivity index (χ0n) is 6.30. The van der Waals surface area contributed by atoms with Gasteiger partial charge in [0.2, 0.25) is 0 Å². The van der Waals surface area contributed by atoms with Crippen LogP contribution in [-0.4, -0.2) is 32.5 Å². The van der Waals surface area contributed by atoms with Gasteiger partial charge < -0.3 is 0 Å². The molecule has 0 heterocycles. The van der Waals surface area contributed by atoms with E-state index in [-0.39, 0.29) is 0 Å². The Kier molecular flexibility index (Phi) is 3.48. The van der Waals surface area contributed by atoms with Gasteiger partial charge in [-0.05, 0) is 0 Å². The Morgan fingerprint density at radius 2 is 1.83 bits per heavy atom. The number of nitrogens with two attached hydrogens (primary N) is 1. The van der Waals surface area contributed by atoms with Crippen molar-refractivity contribution in [3.05, 3.63) is 0 Å². The molecule has 0 aliphatic carbocycles. The molecule has 0 fully saturated rings. The summed E-state index contributed by atoms with van der Waals surface area (Å²) >= 11 is 0. The van der Waals surface area contributed by atoms with Crippen molar-refractivity contribution in [2.24, 2.45) is 5.14 Å². The lowest BCUT2D eigenvalue weighted by atomic mass is 10.4. The minimum Gasteiger partial charge on any atom is -0.216 e. The second kappa shape index (κ2) is 3.58. The predicted molar refractivity (Wildman–Crippen MR) is 36.4 cm³/mol. The van der Waals surface area contributed by atoms with Crippen LogP contribution < -0.4 is 5.14 Å². The van der Waals surface area contributed by atoms with Gasteiger partial charge in [0.1, 0.15) is 0 Å². The summed E-state index contributed by atoms with van der Waals surface area (Å²) in [5.74, 6) is 0. The second-order valence-corrected chi connectivity index (χ2v) is 3.88. The lowest BCUT2D eigenvalue weighted by Gasteiger charge is -2.14. The summed E-state index contributed by atoms with van der Waals surface area (Å²) in [6.45, 7) is -0.650. The third kappa shape index (κ3) is 5.33. The van der Waals surface area contributed by atoms with Crippen LogP contribution in [0.15, 0.2) is 0 Å². The lowest BCUT2D eigenvalue weighted by Crippen LogP contribution is -2.35. The largest absolute Gasteiger partial charge is 0.390 e. The third-order valence-corrected chi connectivity index (χ3v) is 2.20. The number of rotatable bonds is 3. The summed E-state index contributed by atoms with van der Waals surface area (Å²) in [5, 5.41) is 4.54. The van der Waals surface area contributed by atoms with Gasteiger partial charge in [-0.3, -0.25) is 0 Å². The zero-order valence-corrected chi connectivity index (χ0v) is 7.11. The highest BCUT2D eigenvalue weighted by molar-refractivity contribution is 7.86. The van der Waals surface area contributed by atoms with Gasteiger partial charge in [0.25, 0.3) is 10.2 Å². The van der Waals surface area contributed by atoms with Crippen molar-refractivity contribution in [1.29, 1.82) is 0 Å². The Balaban J connectivity index is 3.98. The van der Waals surface area contributed by atoms with E-state index in [1.54, 1.807) is 0 Å². The molecule has 74 valence electrons. The summed E-state index contributed by atoms with van der Waals surface area (Å²) in [7, 11) is -3.00. The van der Waals surface area contributed by atoms with E-state index in [4.69, 9.17) is 0 Å². The van der Waals surface area contributed by atoms with Gasteiger partial charge in [-0.1, -0.05) is 0 Å². The minimum atomic E-state index is -4.36. The van der Waals surface area contributed by atoms with E-state index in [9.17, 15) is 21.6 Å². The van der Waals surface area contributed by atoms with Crippen LogP contribution in [0.4, 0.5) is 13.2 Å². The van der Waals surface area contributed by atoms with Gasteiger partial charge in [0.05, 0.1) is 6.42 Å². The normalized spacial score (nSPS) is 13.8. The van der Waals surface area contributed by atoms with E-state index in [1.807, 2.05) is 0 Å². The molecule has 0 aliphatic rings. The average molecular weight is 206 g/mol. The highest BCUT2D eigenvalue weighted by atomic mass is 32.2. The average Bonchev–Trinajstić information content (AvgIpc) is 1.78. The van der Waals surface area contributed by atoms with Crippen LogP contribution >= 0.6 is 0 Å². The summed E-state index contributed by atoms with van der Waals surface area (Å²) in [6.07, 6.45) is -5.56. The van der Waals surface area contributed by atoms with E-state index in [0.717, 1.165) is 7.05 Å². The van der Waals surface area contributed by atoms with E-state index < -0.39 is 29.4 Å². The van der Waals surface area contributed by atoms with Crippen molar-refractivity contribution < 1.29 is 21.6 Å². The first kappa shape index (κ1) is 11.7. The molecule has 0 saturated carbocycles. The fourth-order valence-corrected chi connectivity index (χ4v) is 0.757. The zero-order chi connectivity index (χ0) is 9.99. The van der Waals surface area contributed by atoms with Crippen molar-refractivity contribution in [2.45, 2.75) is 12.6 Å². The molecule has 12 heavy (non-hydrogen) atoms. The molecular weight excluding hydrogens is 197 g/mol. The molecule has 0 radical (unpaired) electrons. The summed E-state index contributed by atoms with van der Waals surface area (Å²) < 4.78 is 55.8. The van der Waals surface area contributed by atoms with Crippen LogP contribution in [0, 0.1) is 0 Å². The highest BCUT2D eigenvalue weighted by Crippen LogP contribution is 2.19. The van der Waals surface area contributed by atoms with Gasteiger partial charge in [0.15, 0.2) is 0 Å². The van der Waals surface area contributed by atoms with Gasteiger partial charge in [-0.2, -0.15) is 25.9 Å². The van der Waals surface area contributed by atoms with Crippen LogP contribution in [0.2, 0.25) is 0 Å². The molecule has 2 N–H and O–H groups in total. The van der Waals surface area contributed by atoms with Crippen LogP contribution in [0.3, 0.4) is 0 Å². The summed E-state index contributed by atoms with van der Waals surface area (Å²) in [5.41, 5.74) is 0. The molecule has 0 bridgehead atoms. The molecular formula is C4H9F3N2O2S. The van der Waals surface area contributed by atoms with E-state index in [0.29, 0.717) is 4.31 Å². The molecule has 0 aromatic rings. The maximum absolute atomic E-state index is 11.5. The van der Waals surface area contributed by atoms with E-state index in [1.165, 1.54) is 0 Å². The first-order chi connectivity index (χ1) is 5.13. The third-order valence-electron chi connectivity index (χ3n) is 1.14. The first-order valence-electron chi connectivity index (χ1n) is 2.94. The fourth-order valence-electron chi connectivity index (χ4n) is 0.411. The molecule has 0 aromatic carbocycles. The Labute approximate surface area is 68.3 Å². The van der Waals surface area contributed by atoms with Gasteiger partial charge in [-0.15, -0.1) is 0 Å². The molecule has 0 saturated heterocycles. The molecule has 4 nitrogen and oxygen atoms in total. The second-order valence-electron chi connectivity index (χ2n) is 2.23. The van der Waals surface area contributed by atoms with Crippen LogP contribution in [0.25, 0.3) is 0 Å². The molecule has 0 unspecified atom stereocenters. The van der Waals surface area contributed by atoms with Crippen LogP contribution in [0.5, 0.6) is 0 Å². The minimum absolute atomic E-state index is 0.445. The maximum atomic E-state index is 11.5. The monoisotopic (exact) mass is 206 g/mol. The van der Waals surface area contributed by atoms with Crippen molar-refractivity contribution in [2.75, 3.05) is 13.6 Å². The van der Waals surface area contributed by atoms with Crippen molar-refractivity contribution in [3.8, 4) is 0 Å². The van der Waals surface area contributed by atoms with E-state index >= 15 is 0 Å². The topological polar surface area (TPSA) is 63.4 Å². The highest BCUT2D eigenvalue weighted by Gasteiger charge is 2.28. The number of halogens is 3. The van der Waals surface area contributed by atoms with Crippen molar-refractivity contribution in [3.63, 3.8) is 0 Å². The number of nitrogens with zero attached hydrogens (tertiary/aromatic N) is 1. The lowest BCUT2D eigenvalue weighted by molar-refractivity contribution is -0.135. The quantitative estimate of drug-likeness (QED) is 0.710.